The smallest absolute Gasteiger partial charge is 0.306 e. The lowest BCUT2D eigenvalue weighted by atomic mass is 9.83. The number of amides is 1. The molecule has 1 aliphatic heterocycles. The molecule has 1 saturated heterocycles. The lowest BCUT2D eigenvalue weighted by molar-refractivity contribution is -0.147. The van der Waals surface area contributed by atoms with Crippen LogP contribution < -0.4 is 10.6 Å². The van der Waals surface area contributed by atoms with Gasteiger partial charge in [0, 0.05) is 18.0 Å². The third-order valence-corrected chi connectivity index (χ3v) is 6.29. The molecule has 2 N–H and O–H groups in total. The van der Waals surface area contributed by atoms with Crippen LogP contribution in [-0.2, 0) is 9.53 Å². The van der Waals surface area contributed by atoms with Crippen molar-refractivity contribution in [3.63, 3.8) is 0 Å². The van der Waals surface area contributed by atoms with Gasteiger partial charge >= 0.3 is 5.97 Å². The lowest BCUT2D eigenvalue weighted by Gasteiger charge is -2.29. The number of carbonyl (C=O) groups is 2. The molecule has 1 aliphatic carbocycles. The number of halogens is 1. The Morgan fingerprint density at radius 1 is 1.03 bits per heavy atom. The molecule has 5 nitrogen and oxygen atoms in total. The van der Waals surface area contributed by atoms with Gasteiger partial charge in [0.25, 0.3) is 5.91 Å². The predicted octanol–water partition coefficient (Wildman–Crippen LogP) is 4.60. The van der Waals surface area contributed by atoms with Crippen molar-refractivity contribution in [2.45, 2.75) is 83.3 Å². The van der Waals surface area contributed by atoms with Gasteiger partial charge in [-0.05, 0) is 101 Å². The molecular weight excluding hydrogens is 400 g/mol. The molecule has 0 aromatic heterocycles. The van der Waals surface area contributed by atoms with E-state index in [9.17, 15) is 9.59 Å². The highest BCUT2D eigenvalue weighted by atomic mass is 35.5. The van der Waals surface area contributed by atoms with E-state index >= 15 is 0 Å². The van der Waals surface area contributed by atoms with Crippen molar-refractivity contribution in [3.8, 4) is 0 Å². The van der Waals surface area contributed by atoms with E-state index in [2.05, 4.69) is 22.8 Å². The summed E-state index contributed by atoms with van der Waals surface area (Å²) in [7, 11) is 0. The van der Waals surface area contributed by atoms with Crippen molar-refractivity contribution in [2.75, 3.05) is 13.1 Å². The Morgan fingerprint density at radius 2 is 1.67 bits per heavy atom. The SMILES string of the molecule is CC(C)OC(=O)CCC1CCC(NC(=O)c2ccc(C3CCNCC3)cc2)CC1.Cl. The number of ether oxygens (including phenoxy) is 1. The maximum absolute atomic E-state index is 12.6. The Labute approximate surface area is 187 Å². The van der Waals surface area contributed by atoms with Gasteiger partial charge in [0.15, 0.2) is 0 Å². The Hall–Kier alpha value is -1.59. The van der Waals surface area contributed by atoms with Crippen LogP contribution in [0.1, 0.15) is 87.1 Å². The van der Waals surface area contributed by atoms with E-state index < -0.39 is 0 Å². The number of piperidine rings is 1. The molecule has 3 rings (SSSR count). The van der Waals surface area contributed by atoms with Gasteiger partial charge in [0.1, 0.15) is 0 Å². The van der Waals surface area contributed by atoms with E-state index in [0.29, 0.717) is 18.3 Å². The number of esters is 1. The van der Waals surface area contributed by atoms with E-state index in [-0.39, 0.29) is 36.4 Å². The van der Waals surface area contributed by atoms with Crippen LogP contribution in [0.4, 0.5) is 0 Å². The standard InChI is InChI=1S/C24H36N2O3.ClH/c1-17(2)29-23(27)12-5-18-3-10-22(11-4-18)26-24(28)21-8-6-19(7-9-21)20-13-15-25-16-14-20;/h6-9,17-18,20,22,25H,3-5,10-16H2,1-2H3,(H,26,28);1H. The van der Waals surface area contributed by atoms with Gasteiger partial charge < -0.3 is 15.4 Å². The third kappa shape index (κ3) is 7.59. The van der Waals surface area contributed by atoms with Crippen molar-refractivity contribution >= 4 is 24.3 Å². The predicted molar refractivity (Wildman–Crippen MR) is 122 cm³/mol. The van der Waals surface area contributed by atoms with E-state index in [0.717, 1.165) is 50.8 Å². The van der Waals surface area contributed by atoms with Gasteiger partial charge in [-0.3, -0.25) is 9.59 Å². The molecule has 1 aromatic rings. The van der Waals surface area contributed by atoms with E-state index in [1.165, 1.54) is 18.4 Å². The van der Waals surface area contributed by atoms with E-state index in [1.54, 1.807) is 0 Å². The monoisotopic (exact) mass is 436 g/mol. The molecule has 1 amide bonds. The van der Waals surface area contributed by atoms with Crippen LogP contribution in [0.25, 0.3) is 0 Å². The van der Waals surface area contributed by atoms with Gasteiger partial charge in [-0.25, -0.2) is 0 Å². The second-order valence-corrected chi connectivity index (χ2v) is 8.91. The number of benzene rings is 1. The number of hydrogen-bond donors (Lipinski definition) is 2. The Bertz CT molecular complexity index is 664. The van der Waals surface area contributed by atoms with Gasteiger partial charge in [0.2, 0.25) is 0 Å². The summed E-state index contributed by atoms with van der Waals surface area (Å²) in [6, 6.07) is 8.43. The van der Waals surface area contributed by atoms with Crippen LogP contribution >= 0.6 is 12.4 Å². The summed E-state index contributed by atoms with van der Waals surface area (Å²) >= 11 is 0. The van der Waals surface area contributed by atoms with Crippen molar-refractivity contribution in [2.24, 2.45) is 5.92 Å². The summed E-state index contributed by atoms with van der Waals surface area (Å²) in [4.78, 5) is 24.3. The molecule has 0 unspecified atom stereocenters. The summed E-state index contributed by atoms with van der Waals surface area (Å²) < 4.78 is 5.21. The second-order valence-electron chi connectivity index (χ2n) is 8.91. The third-order valence-electron chi connectivity index (χ3n) is 6.29. The Morgan fingerprint density at radius 3 is 2.27 bits per heavy atom. The first-order valence-electron chi connectivity index (χ1n) is 11.3. The summed E-state index contributed by atoms with van der Waals surface area (Å²) in [5.74, 6) is 1.11. The van der Waals surface area contributed by atoms with Crippen molar-refractivity contribution in [1.82, 2.24) is 10.6 Å². The average molecular weight is 437 g/mol. The zero-order valence-corrected chi connectivity index (χ0v) is 19.1. The highest BCUT2D eigenvalue weighted by Crippen LogP contribution is 2.29. The second kappa shape index (κ2) is 12.3. The first-order valence-corrected chi connectivity index (χ1v) is 11.3. The van der Waals surface area contributed by atoms with E-state index in [1.807, 2.05) is 26.0 Å². The van der Waals surface area contributed by atoms with Crippen LogP contribution in [-0.4, -0.2) is 37.1 Å². The zero-order chi connectivity index (χ0) is 20.6. The maximum Gasteiger partial charge on any atom is 0.306 e. The fourth-order valence-electron chi connectivity index (χ4n) is 4.57. The number of rotatable bonds is 7. The fourth-order valence-corrected chi connectivity index (χ4v) is 4.57. The van der Waals surface area contributed by atoms with Crippen LogP contribution in [0.3, 0.4) is 0 Å². The molecule has 0 atom stereocenters. The first kappa shape index (κ1) is 24.7. The molecular formula is C24H37ClN2O3. The average Bonchev–Trinajstić information content (AvgIpc) is 2.73. The zero-order valence-electron chi connectivity index (χ0n) is 18.3. The van der Waals surface area contributed by atoms with Gasteiger partial charge in [-0.15, -0.1) is 12.4 Å². The molecule has 168 valence electrons. The largest absolute Gasteiger partial charge is 0.463 e. The quantitative estimate of drug-likeness (QED) is 0.613. The molecule has 1 saturated carbocycles. The molecule has 0 bridgehead atoms. The summed E-state index contributed by atoms with van der Waals surface area (Å²) in [6.45, 7) is 5.92. The number of carbonyl (C=O) groups excluding carboxylic acids is 2. The molecule has 2 fully saturated rings. The van der Waals surface area contributed by atoms with Crippen LogP contribution in [0.2, 0.25) is 0 Å². The van der Waals surface area contributed by atoms with Crippen molar-refractivity contribution < 1.29 is 14.3 Å². The molecule has 1 aromatic carbocycles. The highest BCUT2D eigenvalue weighted by Gasteiger charge is 2.24. The van der Waals surface area contributed by atoms with Crippen molar-refractivity contribution in [3.05, 3.63) is 35.4 Å². The summed E-state index contributed by atoms with van der Waals surface area (Å²) in [5, 5.41) is 6.60. The molecule has 0 spiro atoms. The van der Waals surface area contributed by atoms with Gasteiger partial charge in [-0.2, -0.15) is 0 Å². The summed E-state index contributed by atoms with van der Waals surface area (Å²) in [6.07, 6.45) is 7.80. The van der Waals surface area contributed by atoms with Crippen LogP contribution in [0, 0.1) is 5.92 Å². The first-order chi connectivity index (χ1) is 14.0. The maximum atomic E-state index is 12.6. The molecule has 30 heavy (non-hydrogen) atoms. The highest BCUT2D eigenvalue weighted by molar-refractivity contribution is 5.94. The normalized spacial score (nSPS) is 22.2. The molecule has 0 radical (unpaired) electrons. The summed E-state index contributed by atoms with van der Waals surface area (Å²) in [5.41, 5.74) is 2.10. The van der Waals surface area contributed by atoms with E-state index in [4.69, 9.17) is 4.74 Å². The number of nitrogens with one attached hydrogen (secondary N) is 2. The Balaban J connectivity index is 0.00000320. The molecule has 6 heteroatoms. The Kier molecular flexibility index (Phi) is 10.1. The van der Waals surface area contributed by atoms with Gasteiger partial charge in [0.05, 0.1) is 6.10 Å². The molecule has 1 heterocycles. The minimum absolute atomic E-state index is 0. The lowest BCUT2D eigenvalue weighted by Crippen LogP contribution is -2.37. The minimum atomic E-state index is -0.0941. The minimum Gasteiger partial charge on any atom is -0.463 e. The number of hydrogen-bond acceptors (Lipinski definition) is 4. The van der Waals surface area contributed by atoms with Crippen LogP contribution in [0.15, 0.2) is 24.3 Å². The molecule has 2 aliphatic rings. The topological polar surface area (TPSA) is 67.4 Å². The van der Waals surface area contributed by atoms with Crippen LogP contribution in [0.5, 0.6) is 0 Å². The van der Waals surface area contributed by atoms with Gasteiger partial charge in [-0.1, -0.05) is 12.1 Å². The van der Waals surface area contributed by atoms with Crippen molar-refractivity contribution in [1.29, 1.82) is 0 Å². The fraction of sp³-hybridized carbons (Fsp3) is 0.667.